The standard InChI is InChI=1S/C18H27NO2/c1-14(2)9-10-21-18-7-4-15(5-8-18)12-19-17-6-3-16(11-17)13-20/h3-8,14,16-17,19-20H,9-13H2,1-2H3/t16-,17+/m0/s1. The van der Waals surface area contributed by atoms with Gasteiger partial charge < -0.3 is 15.2 Å². The third-order valence-corrected chi connectivity index (χ3v) is 3.86. The van der Waals surface area contributed by atoms with Crippen LogP contribution in [0.1, 0.15) is 32.3 Å². The lowest BCUT2D eigenvalue weighted by Crippen LogP contribution is -2.26. The molecule has 3 nitrogen and oxygen atoms in total. The minimum Gasteiger partial charge on any atom is -0.494 e. The Balaban J connectivity index is 1.71. The predicted octanol–water partition coefficient (Wildman–Crippen LogP) is 3.14. The molecule has 3 heteroatoms. The van der Waals surface area contributed by atoms with Gasteiger partial charge in [-0.15, -0.1) is 0 Å². The second-order valence-corrected chi connectivity index (χ2v) is 6.23. The number of ether oxygens (including phenoxy) is 1. The SMILES string of the molecule is CC(C)CCOc1ccc(CN[C@@H]2C=C[C@H](CO)C2)cc1. The summed E-state index contributed by atoms with van der Waals surface area (Å²) in [5, 5.41) is 12.6. The highest BCUT2D eigenvalue weighted by molar-refractivity contribution is 5.27. The Morgan fingerprint density at radius 2 is 2.00 bits per heavy atom. The van der Waals surface area contributed by atoms with E-state index in [0.29, 0.717) is 17.9 Å². The van der Waals surface area contributed by atoms with E-state index in [0.717, 1.165) is 31.7 Å². The lowest BCUT2D eigenvalue weighted by Gasteiger charge is -2.13. The van der Waals surface area contributed by atoms with Gasteiger partial charge in [0, 0.05) is 25.1 Å². The molecule has 116 valence electrons. The number of rotatable bonds is 8. The summed E-state index contributed by atoms with van der Waals surface area (Å²) in [6, 6.07) is 8.68. The van der Waals surface area contributed by atoms with Gasteiger partial charge in [-0.2, -0.15) is 0 Å². The van der Waals surface area contributed by atoms with Crippen LogP contribution < -0.4 is 10.1 Å². The Morgan fingerprint density at radius 3 is 2.62 bits per heavy atom. The van der Waals surface area contributed by atoms with Crippen LogP contribution in [0.4, 0.5) is 0 Å². The zero-order valence-corrected chi connectivity index (χ0v) is 13.1. The Hall–Kier alpha value is -1.32. The maximum Gasteiger partial charge on any atom is 0.119 e. The van der Waals surface area contributed by atoms with Gasteiger partial charge in [-0.3, -0.25) is 0 Å². The highest BCUT2D eigenvalue weighted by atomic mass is 16.5. The molecule has 0 saturated carbocycles. The monoisotopic (exact) mass is 289 g/mol. The van der Waals surface area contributed by atoms with E-state index in [2.05, 4.69) is 43.4 Å². The van der Waals surface area contributed by atoms with Crippen LogP contribution in [0.2, 0.25) is 0 Å². The van der Waals surface area contributed by atoms with Crippen molar-refractivity contribution in [1.29, 1.82) is 0 Å². The van der Waals surface area contributed by atoms with Crippen LogP contribution in [0, 0.1) is 11.8 Å². The summed E-state index contributed by atoms with van der Waals surface area (Å²) in [5.41, 5.74) is 1.26. The molecule has 1 aliphatic rings. The average Bonchev–Trinajstić information content (AvgIpc) is 2.94. The van der Waals surface area contributed by atoms with Crippen LogP contribution in [-0.2, 0) is 6.54 Å². The van der Waals surface area contributed by atoms with Crippen LogP contribution in [0.3, 0.4) is 0 Å². The molecule has 0 aliphatic heterocycles. The minimum absolute atomic E-state index is 0.247. The Labute approximate surface area is 128 Å². The molecule has 2 atom stereocenters. The van der Waals surface area contributed by atoms with Crippen molar-refractivity contribution in [1.82, 2.24) is 5.32 Å². The number of benzene rings is 1. The average molecular weight is 289 g/mol. The molecule has 2 N–H and O–H groups in total. The Bertz CT molecular complexity index is 439. The summed E-state index contributed by atoms with van der Waals surface area (Å²) in [4.78, 5) is 0. The number of aliphatic hydroxyl groups excluding tert-OH is 1. The molecule has 0 unspecified atom stereocenters. The molecule has 0 radical (unpaired) electrons. The maximum absolute atomic E-state index is 9.11. The van der Waals surface area contributed by atoms with Gasteiger partial charge in [0.1, 0.15) is 5.75 Å². The lowest BCUT2D eigenvalue weighted by molar-refractivity contribution is 0.246. The van der Waals surface area contributed by atoms with E-state index in [4.69, 9.17) is 9.84 Å². The van der Waals surface area contributed by atoms with Crippen molar-refractivity contribution in [3.63, 3.8) is 0 Å². The first kappa shape index (κ1) is 16.1. The van der Waals surface area contributed by atoms with Crippen LogP contribution in [0.15, 0.2) is 36.4 Å². The molecule has 0 amide bonds. The van der Waals surface area contributed by atoms with Gasteiger partial charge in [0.25, 0.3) is 0 Å². The fourth-order valence-electron chi connectivity index (χ4n) is 2.43. The molecule has 0 heterocycles. The number of hydrogen-bond acceptors (Lipinski definition) is 3. The van der Waals surface area contributed by atoms with E-state index in [1.807, 2.05) is 12.1 Å². The fourth-order valence-corrected chi connectivity index (χ4v) is 2.43. The van der Waals surface area contributed by atoms with Gasteiger partial charge in [0.2, 0.25) is 0 Å². The molecular weight excluding hydrogens is 262 g/mol. The molecule has 0 aromatic heterocycles. The second kappa shape index (κ2) is 8.20. The van der Waals surface area contributed by atoms with Crippen molar-refractivity contribution in [3.05, 3.63) is 42.0 Å². The van der Waals surface area contributed by atoms with Crippen molar-refractivity contribution >= 4 is 0 Å². The zero-order chi connectivity index (χ0) is 15.1. The van der Waals surface area contributed by atoms with Crippen LogP contribution in [-0.4, -0.2) is 24.4 Å². The van der Waals surface area contributed by atoms with E-state index in [9.17, 15) is 0 Å². The largest absolute Gasteiger partial charge is 0.494 e. The summed E-state index contributed by atoms with van der Waals surface area (Å²) >= 11 is 0. The van der Waals surface area contributed by atoms with Crippen LogP contribution >= 0.6 is 0 Å². The molecule has 21 heavy (non-hydrogen) atoms. The first-order valence-electron chi connectivity index (χ1n) is 7.91. The van der Waals surface area contributed by atoms with Crippen molar-refractivity contribution in [2.75, 3.05) is 13.2 Å². The smallest absolute Gasteiger partial charge is 0.119 e. The Morgan fingerprint density at radius 1 is 1.24 bits per heavy atom. The van der Waals surface area contributed by atoms with E-state index in [1.54, 1.807) is 0 Å². The zero-order valence-electron chi connectivity index (χ0n) is 13.1. The minimum atomic E-state index is 0.247. The van der Waals surface area contributed by atoms with Crippen molar-refractivity contribution in [2.45, 2.75) is 39.3 Å². The second-order valence-electron chi connectivity index (χ2n) is 6.23. The van der Waals surface area contributed by atoms with Crippen LogP contribution in [0.25, 0.3) is 0 Å². The van der Waals surface area contributed by atoms with Crippen molar-refractivity contribution in [3.8, 4) is 5.75 Å². The van der Waals surface area contributed by atoms with Gasteiger partial charge >= 0.3 is 0 Å². The molecule has 0 bridgehead atoms. The third-order valence-electron chi connectivity index (χ3n) is 3.86. The predicted molar refractivity (Wildman–Crippen MR) is 86.4 cm³/mol. The summed E-state index contributed by atoms with van der Waals surface area (Å²) in [6.45, 7) is 6.29. The van der Waals surface area contributed by atoms with Crippen LogP contribution in [0.5, 0.6) is 5.75 Å². The molecular formula is C18H27NO2. The molecule has 1 aromatic rings. The van der Waals surface area contributed by atoms with Gasteiger partial charge in [0.15, 0.2) is 0 Å². The van der Waals surface area contributed by atoms with Crippen molar-refractivity contribution < 1.29 is 9.84 Å². The van der Waals surface area contributed by atoms with Crippen molar-refractivity contribution in [2.24, 2.45) is 11.8 Å². The van der Waals surface area contributed by atoms with Gasteiger partial charge in [-0.1, -0.05) is 38.1 Å². The van der Waals surface area contributed by atoms with E-state index in [-0.39, 0.29) is 6.61 Å². The van der Waals surface area contributed by atoms with Gasteiger partial charge in [0.05, 0.1) is 6.61 Å². The molecule has 2 rings (SSSR count). The summed E-state index contributed by atoms with van der Waals surface area (Å²) < 4.78 is 5.72. The third kappa shape index (κ3) is 5.52. The summed E-state index contributed by atoms with van der Waals surface area (Å²) in [5.74, 6) is 1.94. The summed E-state index contributed by atoms with van der Waals surface area (Å²) in [6.07, 6.45) is 6.34. The topological polar surface area (TPSA) is 41.5 Å². The summed E-state index contributed by atoms with van der Waals surface area (Å²) in [7, 11) is 0. The highest BCUT2D eigenvalue weighted by Gasteiger charge is 2.17. The highest BCUT2D eigenvalue weighted by Crippen LogP contribution is 2.18. The molecule has 0 saturated heterocycles. The first-order chi connectivity index (χ1) is 10.2. The Kier molecular flexibility index (Phi) is 6.27. The number of aliphatic hydroxyl groups is 1. The number of hydrogen-bond donors (Lipinski definition) is 2. The van der Waals surface area contributed by atoms with E-state index in [1.165, 1.54) is 5.56 Å². The normalized spacial score (nSPS) is 21.1. The molecule has 1 aliphatic carbocycles. The fraction of sp³-hybridized carbons (Fsp3) is 0.556. The first-order valence-corrected chi connectivity index (χ1v) is 7.91. The quantitative estimate of drug-likeness (QED) is 0.722. The molecule has 1 aromatic carbocycles. The van der Waals surface area contributed by atoms with Gasteiger partial charge in [-0.25, -0.2) is 0 Å². The lowest BCUT2D eigenvalue weighted by atomic mass is 10.1. The number of nitrogens with one attached hydrogen (secondary N) is 1. The van der Waals surface area contributed by atoms with Gasteiger partial charge in [-0.05, 0) is 36.5 Å². The molecule has 0 fully saturated rings. The molecule has 0 spiro atoms. The maximum atomic E-state index is 9.11. The van der Waals surface area contributed by atoms with E-state index < -0.39 is 0 Å². The van der Waals surface area contributed by atoms with E-state index >= 15 is 0 Å².